The lowest BCUT2D eigenvalue weighted by molar-refractivity contribution is -0.137. The minimum absolute atomic E-state index is 0.0200. The zero-order valence-electron chi connectivity index (χ0n) is 26.2. The van der Waals surface area contributed by atoms with Crippen molar-refractivity contribution in [3.8, 4) is 17.1 Å². The van der Waals surface area contributed by atoms with Gasteiger partial charge in [0, 0.05) is 67.0 Å². The number of hydrogen-bond acceptors (Lipinski definition) is 8. The van der Waals surface area contributed by atoms with Gasteiger partial charge in [0.15, 0.2) is 5.82 Å². The van der Waals surface area contributed by atoms with Gasteiger partial charge in [-0.3, -0.25) is 0 Å². The molecule has 3 aromatic rings. The Morgan fingerprint density at radius 3 is 2.46 bits per heavy atom. The molecule has 2 atom stereocenters. The van der Waals surface area contributed by atoms with Crippen LogP contribution in [0.15, 0.2) is 24.0 Å². The van der Waals surface area contributed by atoms with Gasteiger partial charge in [0.1, 0.15) is 11.3 Å². The number of nitrogen functional groups attached to an aromatic ring is 1. The summed E-state index contributed by atoms with van der Waals surface area (Å²) in [5, 5.41) is 3.28. The largest absolute Gasteiger partial charge is 0.463 e. The zero-order chi connectivity index (χ0) is 33.4. The maximum atomic E-state index is 17.1. The summed E-state index contributed by atoms with van der Waals surface area (Å²) < 4.78 is 85.6. The van der Waals surface area contributed by atoms with Crippen LogP contribution in [0.1, 0.15) is 55.2 Å². The highest BCUT2D eigenvalue weighted by atomic mass is 35.5. The van der Waals surface area contributed by atoms with E-state index >= 15 is 4.39 Å². The third-order valence-electron chi connectivity index (χ3n) is 10.7. The number of anilines is 2. The molecule has 4 fully saturated rings. The molecule has 2 bridgehead atoms. The van der Waals surface area contributed by atoms with Crippen molar-refractivity contribution < 1.29 is 31.4 Å². The number of benzene rings is 2. The lowest BCUT2D eigenvalue weighted by Gasteiger charge is -2.37. The fourth-order valence-electron chi connectivity index (χ4n) is 8.09. The van der Waals surface area contributed by atoms with Gasteiger partial charge in [-0.05, 0) is 67.4 Å². The molecule has 14 heteroatoms. The van der Waals surface area contributed by atoms with Crippen LogP contribution < -0.4 is 20.7 Å². The van der Waals surface area contributed by atoms with Crippen molar-refractivity contribution in [2.75, 3.05) is 50.0 Å². The molecule has 1 saturated carbocycles. The molecule has 8 nitrogen and oxygen atoms in total. The van der Waals surface area contributed by atoms with Gasteiger partial charge in [-0.1, -0.05) is 11.6 Å². The smallest absolute Gasteiger partial charge is 0.418 e. The van der Waals surface area contributed by atoms with Crippen LogP contribution in [0.5, 0.6) is 6.01 Å². The highest BCUT2D eigenvalue weighted by Crippen LogP contribution is 2.50. The van der Waals surface area contributed by atoms with Crippen molar-refractivity contribution in [1.82, 2.24) is 20.2 Å². The molecular formula is C34H36ClF5N6O2. The lowest BCUT2D eigenvalue weighted by atomic mass is 9.89. The van der Waals surface area contributed by atoms with Crippen LogP contribution >= 0.6 is 11.6 Å². The molecule has 3 N–H and O–H groups in total. The van der Waals surface area contributed by atoms with Crippen LogP contribution in [0.4, 0.5) is 33.5 Å². The molecule has 0 radical (unpaired) electrons. The molecule has 5 heterocycles. The number of aromatic nitrogens is 2. The molecular weight excluding hydrogens is 655 g/mol. The molecule has 48 heavy (non-hydrogen) atoms. The Hall–Kier alpha value is -3.26. The van der Waals surface area contributed by atoms with Crippen molar-refractivity contribution >= 4 is 34.0 Å². The predicted octanol–water partition coefficient (Wildman–Crippen LogP) is 6.77. The standard InChI is InChI=1S/C34H36ClF5N6O2/c35-25-10-19(41)9-22(28(25)34(38,39)40)26-23-14-47-15-24(23)27-30(29(26)37)43-32(44-31(27)46-20-1-2-21(46)13-42-12-20)48-17-33(5-6-33)16-45-7-3-18(11-36)4-8-45/h9-11,20-21,42H,1-8,12-17,41H2. The number of nitrogens with two attached hydrogens (primary N) is 1. The zero-order valence-corrected chi connectivity index (χ0v) is 27.0. The molecule has 256 valence electrons. The first-order valence-corrected chi connectivity index (χ1v) is 16.8. The van der Waals surface area contributed by atoms with Gasteiger partial charge >= 0.3 is 12.2 Å². The quantitative estimate of drug-likeness (QED) is 0.208. The van der Waals surface area contributed by atoms with Crippen LogP contribution in [-0.2, 0) is 24.1 Å². The molecule has 1 aliphatic carbocycles. The molecule has 0 spiro atoms. The van der Waals surface area contributed by atoms with Crippen LogP contribution in [0.3, 0.4) is 0 Å². The molecule has 5 aliphatic rings. The van der Waals surface area contributed by atoms with Gasteiger partial charge in [0.05, 0.1) is 42.1 Å². The van der Waals surface area contributed by atoms with Crippen LogP contribution in [0, 0.1) is 11.2 Å². The van der Waals surface area contributed by atoms with Gasteiger partial charge in [-0.2, -0.15) is 23.1 Å². The van der Waals surface area contributed by atoms with Crippen molar-refractivity contribution in [3.05, 3.63) is 51.6 Å². The second-order valence-electron chi connectivity index (χ2n) is 13.9. The Labute approximate surface area is 279 Å². The third-order valence-corrected chi connectivity index (χ3v) is 11.0. The maximum Gasteiger partial charge on any atom is 0.418 e. The summed E-state index contributed by atoms with van der Waals surface area (Å²) in [5.74, 6) is -0.409. The fourth-order valence-corrected chi connectivity index (χ4v) is 8.42. The Bertz CT molecular complexity index is 1790. The summed E-state index contributed by atoms with van der Waals surface area (Å²) >= 11 is 6.12. The Balaban J connectivity index is 1.24. The van der Waals surface area contributed by atoms with E-state index in [-0.39, 0.29) is 53.5 Å². The molecule has 3 saturated heterocycles. The Morgan fingerprint density at radius 2 is 1.79 bits per heavy atom. The number of alkyl halides is 3. The normalized spacial score (nSPS) is 23.5. The summed E-state index contributed by atoms with van der Waals surface area (Å²) in [7, 11) is 0. The Morgan fingerprint density at radius 1 is 1.08 bits per heavy atom. The van der Waals surface area contributed by atoms with E-state index in [2.05, 4.69) is 20.1 Å². The topological polar surface area (TPSA) is 88.8 Å². The first-order chi connectivity index (χ1) is 23.0. The van der Waals surface area contributed by atoms with E-state index in [1.807, 2.05) is 0 Å². The van der Waals surface area contributed by atoms with E-state index in [0.717, 1.165) is 76.1 Å². The number of halogens is 6. The van der Waals surface area contributed by atoms with Crippen molar-refractivity contribution in [3.63, 3.8) is 0 Å². The molecule has 2 unspecified atom stereocenters. The predicted molar refractivity (Wildman–Crippen MR) is 172 cm³/mol. The van der Waals surface area contributed by atoms with E-state index in [1.54, 1.807) is 0 Å². The van der Waals surface area contributed by atoms with Gasteiger partial charge < -0.3 is 30.3 Å². The Kier molecular flexibility index (Phi) is 7.97. The number of nitrogens with one attached hydrogen (secondary N) is 1. The maximum absolute atomic E-state index is 17.1. The van der Waals surface area contributed by atoms with Gasteiger partial charge in [-0.25, -0.2) is 8.78 Å². The molecule has 8 rings (SSSR count). The second kappa shape index (κ2) is 12.0. The van der Waals surface area contributed by atoms with Crippen LogP contribution in [0.25, 0.3) is 22.0 Å². The van der Waals surface area contributed by atoms with E-state index in [1.165, 1.54) is 0 Å². The monoisotopic (exact) mass is 690 g/mol. The summed E-state index contributed by atoms with van der Waals surface area (Å²) in [6.45, 7) is 4.07. The number of hydrogen-bond donors (Lipinski definition) is 2. The van der Waals surface area contributed by atoms with Crippen LogP contribution in [0.2, 0.25) is 5.02 Å². The van der Waals surface area contributed by atoms with E-state index in [0.29, 0.717) is 48.1 Å². The second-order valence-corrected chi connectivity index (χ2v) is 14.3. The minimum Gasteiger partial charge on any atom is -0.463 e. The summed E-state index contributed by atoms with van der Waals surface area (Å²) in [5.41, 5.74) is 5.49. The van der Waals surface area contributed by atoms with Crippen molar-refractivity contribution in [2.24, 2.45) is 5.41 Å². The van der Waals surface area contributed by atoms with E-state index in [9.17, 15) is 17.6 Å². The average molecular weight is 691 g/mol. The number of likely N-dealkylation sites (tertiary alicyclic amines) is 1. The van der Waals surface area contributed by atoms with E-state index in [4.69, 9.17) is 31.8 Å². The number of piperazine rings is 1. The molecule has 1 aromatic heterocycles. The number of rotatable bonds is 7. The summed E-state index contributed by atoms with van der Waals surface area (Å²) in [4.78, 5) is 14.0. The summed E-state index contributed by atoms with van der Waals surface area (Å²) in [6, 6.07) is 2.32. The average Bonchev–Trinajstić information content (AvgIpc) is 3.55. The first kappa shape index (κ1) is 32.0. The number of piperidine rings is 1. The molecule has 4 aliphatic heterocycles. The summed E-state index contributed by atoms with van der Waals surface area (Å²) in [6.07, 6.45) is 0.957. The van der Waals surface area contributed by atoms with Gasteiger partial charge in [-0.15, -0.1) is 0 Å². The lowest BCUT2D eigenvalue weighted by Crippen LogP contribution is -2.52. The number of fused-ring (bicyclic) bond motifs is 5. The minimum atomic E-state index is -4.88. The molecule has 0 amide bonds. The first-order valence-electron chi connectivity index (χ1n) is 16.5. The highest BCUT2D eigenvalue weighted by molar-refractivity contribution is 6.32. The third kappa shape index (κ3) is 5.56. The van der Waals surface area contributed by atoms with Crippen LogP contribution in [-0.4, -0.2) is 66.3 Å². The SMILES string of the molecule is Nc1cc(Cl)c(C(F)(F)F)c(-c2c3c(c4c(N5C6CCC5CNC6)nc(OCC5(CN6CCC(=CF)CC6)CC5)nc4c2F)COC3)c1. The van der Waals surface area contributed by atoms with Crippen molar-refractivity contribution in [1.29, 1.82) is 0 Å². The van der Waals surface area contributed by atoms with Gasteiger partial charge in [0.2, 0.25) is 0 Å². The fraction of sp³-hybridized carbons (Fsp3) is 0.529. The number of nitrogens with zero attached hydrogens (tertiary/aromatic N) is 4. The molecule has 2 aromatic carbocycles. The highest BCUT2D eigenvalue weighted by Gasteiger charge is 2.46. The van der Waals surface area contributed by atoms with Gasteiger partial charge in [0.25, 0.3) is 0 Å². The number of ether oxygens (including phenoxy) is 2. The van der Waals surface area contributed by atoms with E-state index < -0.39 is 28.1 Å². The van der Waals surface area contributed by atoms with Crippen molar-refractivity contribution in [2.45, 2.75) is 70.0 Å².